The van der Waals surface area contributed by atoms with Crippen LogP contribution in [0.5, 0.6) is 0 Å². The highest BCUT2D eigenvalue weighted by Gasteiger charge is 2.20. The number of hydrogen-bond donors (Lipinski definition) is 1. The molecule has 2 heterocycles. The van der Waals surface area contributed by atoms with Crippen molar-refractivity contribution in [2.75, 3.05) is 33.2 Å². The van der Waals surface area contributed by atoms with Crippen molar-refractivity contribution in [2.45, 2.75) is 32.6 Å². The fourth-order valence-electron chi connectivity index (χ4n) is 2.56. The van der Waals surface area contributed by atoms with Crippen molar-refractivity contribution >= 4 is 0 Å². The van der Waals surface area contributed by atoms with Crippen LogP contribution in [0.3, 0.4) is 0 Å². The molecule has 0 spiro atoms. The van der Waals surface area contributed by atoms with Crippen LogP contribution in [0.1, 0.15) is 31.4 Å². The average Bonchev–Trinajstić information content (AvgIpc) is 2.85. The molecule has 1 aliphatic heterocycles. The van der Waals surface area contributed by atoms with Gasteiger partial charge in [0.2, 0.25) is 0 Å². The van der Waals surface area contributed by atoms with Gasteiger partial charge in [-0.3, -0.25) is 0 Å². The minimum absolute atomic E-state index is 0.753. The van der Waals surface area contributed by atoms with E-state index in [1.54, 1.807) is 0 Å². The summed E-state index contributed by atoms with van der Waals surface area (Å²) in [7, 11) is 1.96. The second kappa shape index (κ2) is 6.90. The van der Waals surface area contributed by atoms with E-state index in [2.05, 4.69) is 22.1 Å². The molecular formula is C14H25N3O. The Bertz CT molecular complexity index is 343. The number of likely N-dealkylation sites (N-methyl/N-ethyl adjacent to an activating group) is 1. The van der Waals surface area contributed by atoms with Crippen molar-refractivity contribution in [2.24, 2.45) is 5.92 Å². The summed E-state index contributed by atoms with van der Waals surface area (Å²) >= 11 is 0. The maximum Gasteiger partial charge on any atom is 0.194 e. The van der Waals surface area contributed by atoms with Gasteiger partial charge >= 0.3 is 0 Å². The molecule has 1 fully saturated rings. The van der Waals surface area contributed by atoms with E-state index in [1.807, 2.05) is 13.2 Å². The summed E-state index contributed by atoms with van der Waals surface area (Å²) in [6.07, 6.45) is 6.38. The highest BCUT2D eigenvalue weighted by Crippen LogP contribution is 2.21. The highest BCUT2D eigenvalue weighted by molar-refractivity contribution is 4.96. The van der Waals surface area contributed by atoms with Crippen LogP contribution in [-0.2, 0) is 12.8 Å². The van der Waals surface area contributed by atoms with Gasteiger partial charge in [0.1, 0.15) is 5.76 Å². The summed E-state index contributed by atoms with van der Waals surface area (Å²) in [5, 5.41) is 3.12. The largest absolute Gasteiger partial charge is 0.446 e. The molecule has 102 valence electrons. The molecule has 0 radical (unpaired) electrons. The first-order chi connectivity index (χ1) is 8.81. The van der Waals surface area contributed by atoms with E-state index in [4.69, 9.17) is 4.42 Å². The summed E-state index contributed by atoms with van der Waals surface area (Å²) in [5.74, 6) is 2.69. The minimum Gasteiger partial charge on any atom is -0.446 e. The summed E-state index contributed by atoms with van der Waals surface area (Å²) in [6.45, 7) is 6.83. The third-order valence-corrected chi connectivity index (χ3v) is 3.84. The molecule has 1 aromatic heterocycles. The summed E-state index contributed by atoms with van der Waals surface area (Å²) in [4.78, 5) is 6.91. The number of hydrogen-bond acceptors (Lipinski definition) is 4. The lowest BCUT2D eigenvalue weighted by molar-refractivity contribution is 0.186. The Morgan fingerprint density at radius 2 is 2.22 bits per heavy atom. The molecule has 1 aliphatic rings. The van der Waals surface area contributed by atoms with Crippen LogP contribution in [0.4, 0.5) is 0 Å². The van der Waals surface area contributed by atoms with Crippen LogP contribution >= 0.6 is 0 Å². The van der Waals surface area contributed by atoms with Crippen molar-refractivity contribution < 1.29 is 4.42 Å². The standard InChI is InChI=1S/C14H25N3O/c1-3-17-8-5-12(6-9-17)10-14-16-11-13(18-14)4-7-15-2/h11-12,15H,3-10H2,1-2H3. The maximum absolute atomic E-state index is 5.78. The summed E-state index contributed by atoms with van der Waals surface area (Å²) < 4.78 is 5.78. The predicted molar refractivity (Wildman–Crippen MR) is 72.7 cm³/mol. The molecule has 0 bridgehead atoms. The number of piperidine rings is 1. The van der Waals surface area contributed by atoms with Crippen molar-refractivity contribution in [1.29, 1.82) is 0 Å². The smallest absolute Gasteiger partial charge is 0.194 e. The minimum atomic E-state index is 0.753. The van der Waals surface area contributed by atoms with Gasteiger partial charge in [-0.05, 0) is 45.4 Å². The Labute approximate surface area is 110 Å². The van der Waals surface area contributed by atoms with Gasteiger partial charge in [-0.2, -0.15) is 0 Å². The molecule has 0 atom stereocenters. The zero-order valence-electron chi connectivity index (χ0n) is 11.6. The second-order valence-electron chi connectivity index (χ2n) is 5.16. The lowest BCUT2D eigenvalue weighted by atomic mass is 9.93. The van der Waals surface area contributed by atoms with Gasteiger partial charge in [0, 0.05) is 19.4 Å². The molecule has 1 N–H and O–H groups in total. The van der Waals surface area contributed by atoms with E-state index in [0.717, 1.165) is 37.0 Å². The topological polar surface area (TPSA) is 41.3 Å². The van der Waals surface area contributed by atoms with Crippen LogP contribution in [-0.4, -0.2) is 43.1 Å². The van der Waals surface area contributed by atoms with E-state index in [9.17, 15) is 0 Å². The Hall–Kier alpha value is -0.870. The van der Waals surface area contributed by atoms with Crippen LogP contribution in [0.2, 0.25) is 0 Å². The molecule has 1 saturated heterocycles. The van der Waals surface area contributed by atoms with E-state index in [1.165, 1.54) is 32.5 Å². The number of nitrogens with zero attached hydrogens (tertiary/aromatic N) is 2. The molecule has 0 saturated carbocycles. The van der Waals surface area contributed by atoms with Crippen molar-refractivity contribution in [3.8, 4) is 0 Å². The van der Waals surface area contributed by atoms with Gasteiger partial charge in [0.05, 0.1) is 6.20 Å². The molecule has 18 heavy (non-hydrogen) atoms. The molecule has 1 aromatic rings. The average molecular weight is 251 g/mol. The van der Waals surface area contributed by atoms with E-state index in [0.29, 0.717) is 0 Å². The number of oxazole rings is 1. The molecule has 2 rings (SSSR count). The Morgan fingerprint density at radius 1 is 1.44 bits per heavy atom. The fraction of sp³-hybridized carbons (Fsp3) is 0.786. The molecule has 0 aromatic carbocycles. The SMILES string of the molecule is CCN1CCC(Cc2ncc(CCNC)o2)CC1. The molecular weight excluding hydrogens is 226 g/mol. The van der Waals surface area contributed by atoms with Gasteiger partial charge in [0.25, 0.3) is 0 Å². The number of likely N-dealkylation sites (tertiary alicyclic amines) is 1. The van der Waals surface area contributed by atoms with Crippen molar-refractivity contribution in [1.82, 2.24) is 15.2 Å². The van der Waals surface area contributed by atoms with Crippen LogP contribution < -0.4 is 5.32 Å². The lowest BCUT2D eigenvalue weighted by Crippen LogP contribution is -2.34. The molecule has 0 aliphatic carbocycles. The zero-order valence-corrected chi connectivity index (χ0v) is 11.6. The second-order valence-corrected chi connectivity index (χ2v) is 5.16. The van der Waals surface area contributed by atoms with Gasteiger partial charge in [-0.25, -0.2) is 4.98 Å². The predicted octanol–water partition coefficient (Wildman–Crippen LogP) is 1.71. The van der Waals surface area contributed by atoms with Gasteiger partial charge < -0.3 is 14.6 Å². The Kier molecular flexibility index (Phi) is 5.20. The van der Waals surface area contributed by atoms with E-state index < -0.39 is 0 Å². The third-order valence-electron chi connectivity index (χ3n) is 3.84. The van der Waals surface area contributed by atoms with Crippen LogP contribution in [0.15, 0.2) is 10.6 Å². The first-order valence-corrected chi connectivity index (χ1v) is 7.12. The van der Waals surface area contributed by atoms with Crippen LogP contribution in [0.25, 0.3) is 0 Å². The molecule has 4 heteroatoms. The molecule has 0 unspecified atom stereocenters. The fourth-order valence-corrected chi connectivity index (χ4v) is 2.56. The highest BCUT2D eigenvalue weighted by atomic mass is 16.4. The van der Waals surface area contributed by atoms with Gasteiger partial charge in [-0.1, -0.05) is 6.92 Å². The Morgan fingerprint density at radius 3 is 2.89 bits per heavy atom. The third kappa shape index (κ3) is 3.82. The van der Waals surface area contributed by atoms with Crippen LogP contribution in [0, 0.1) is 5.92 Å². The normalized spacial score (nSPS) is 18.3. The number of aromatic nitrogens is 1. The first-order valence-electron chi connectivity index (χ1n) is 7.12. The van der Waals surface area contributed by atoms with Crippen molar-refractivity contribution in [3.05, 3.63) is 17.8 Å². The monoisotopic (exact) mass is 251 g/mol. The number of rotatable bonds is 6. The Balaban J connectivity index is 1.77. The molecule has 0 amide bonds. The maximum atomic E-state index is 5.78. The van der Waals surface area contributed by atoms with E-state index in [-0.39, 0.29) is 0 Å². The number of nitrogens with one attached hydrogen (secondary N) is 1. The van der Waals surface area contributed by atoms with E-state index >= 15 is 0 Å². The molecule has 4 nitrogen and oxygen atoms in total. The van der Waals surface area contributed by atoms with Gasteiger partial charge in [0.15, 0.2) is 5.89 Å². The first kappa shape index (κ1) is 13.6. The van der Waals surface area contributed by atoms with Crippen molar-refractivity contribution in [3.63, 3.8) is 0 Å². The summed E-state index contributed by atoms with van der Waals surface area (Å²) in [5.41, 5.74) is 0. The quantitative estimate of drug-likeness (QED) is 0.835. The van der Waals surface area contributed by atoms with Gasteiger partial charge in [-0.15, -0.1) is 0 Å². The zero-order chi connectivity index (χ0) is 12.8. The summed E-state index contributed by atoms with van der Waals surface area (Å²) in [6, 6.07) is 0. The lowest BCUT2D eigenvalue weighted by Gasteiger charge is -2.30.